The van der Waals surface area contributed by atoms with Crippen molar-refractivity contribution in [1.29, 1.82) is 0 Å². The van der Waals surface area contributed by atoms with Crippen molar-refractivity contribution in [2.24, 2.45) is 0 Å². The third-order valence-electron chi connectivity index (χ3n) is 0.500. The van der Waals surface area contributed by atoms with Crippen LogP contribution in [0.3, 0.4) is 0 Å². The van der Waals surface area contributed by atoms with Crippen molar-refractivity contribution in [3.8, 4) is 0 Å². The summed E-state index contributed by atoms with van der Waals surface area (Å²) in [6, 6.07) is 0. The van der Waals surface area contributed by atoms with Gasteiger partial charge in [-0.05, 0) is 0 Å². The standard InChI is InChI=1S/C5H10.2Y/c1-3-5-4-2;;/h1-5H2;;/q-2;;. The molecule has 2 heteroatoms. The van der Waals surface area contributed by atoms with Gasteiger partial charge in [0.15, 0.2) is 0 Å². The third kappa shape index (κ3) is 17.9. The van der Waals surface area contributed by atoms with Crippen molar-refractivity contribution in [1.82, 2.24) is 0 Å². The zero-order valence-electron chi connectivity index (χ0n) is 4.69. The summed E-state index contributed by atoms with van der Waals surface area (Å²) >= 11 is 0. The molecule has 0 heterocycles. The van der Waals surface area contributed by atoms with E-state index in [9.17, 15) is 0 Å². The summed E-state index contributed by atoms with van der Waals surface area (Å²) in [5.74, 6) is 0. The summed E-state index contributed by atoms with van der Waals surface area (Å²) in [7, 11) is 0. The molecule has 0 saturated carbocycles. The Labute approximate surface area is 97.0 Å². The van der Waals surface area contributed by atoms with Crippen LogP contribution in [0.2, 0.25) is 0 Å². The van der Waals surface area contributed by atoms with Gasteiger partial charge in [-0.3, -0.25) is 0 Å². The Morgan fingerprint density at radius 2 is 1.14 bits per heavy atom. The molecule has 7 heavy (non-hydrogen) atoms. The number of rotatable bonds is 2. The molecule has 0 aromatic carbocycles. The third-order valence-corrected chi connectivity index (χ3v) is 0.500. The zero-order valence-corrected chi connectivity index (χ0v) is 10.4. The molecule has 0 unspecified atom stereocenters. The van der Waals surface area contributed by atoms with E-state index in [-0.39, 0.29) is 65.4 Å². The second-order valence-electron chi connectivity index (χ2n) is 1.06. The van der Waals surface area contributed by atoms with Crippen LogP contribution >= 0.6 is 0 Å². The Balaban J connectivity index is -0.0000000800. The molecule has 0 rings (SSSR count). The van der Waals surface area contributed by atoms with Crippen LogP contribution in [0, 0.1) is 13.8 Å². The van der Waals surface area contributed by atoms with E-state index in [1.807, 2.05) is 0 Å². The smallest absolute Gasteiger partial charge is 0 e. The van der Waals surface area contributed by atoms with E-state index in [1.165, 1.54) is 6.42 Å². The van der Waals surface area contributed by atoms with Crippen LogP contribution < -0.4 is 0 Å². The molecule has 0 aliphatic rings. The summed E-state index contributed by atoms with van der Waals surface area (Å²) in [4.78, 5) is 0. The first-order chi connectivity index (χ1) is 2.41. The van der Waals surface area contributed by atoms with Gasteiger partial charge in [-0.1, -0.05) is 0 Å². The van der Waals surface area contributed by atoms with Crippen LogP contribution in [-0.4, -0.2) is 0 Å². The Hall–Kier alpha value is 2.21. The minimum Gasteiger partial charge on any atom is -0.343 e. The Bertz CT molecular complexity index is 13.6. The average molecular weight is 248 g/mol. The first kappa shape index (κ1) is 16.1. The molecule has 38 valence electrons. The molecule has 0 spiro atoms. The van der Waals surface area contributed by atoms with E-state index in [0.717, 1.165) is 12.8 Å². The van der Waals surface area contributed by atoms with Crippen molar-refractivity contribution >= 4 is 0 Å². The SMILES string of the molecule is [CH2-]CCC[CH2-].[Y].[Y]. The monoisotopic (exact) mass is 248 g/mol. The molecule has 0 nitrogen and oxygen atoms in total. The number of unbranched alkanes of at least 4 members (excludes halogenated alkanes) is 2. The van der Waals surface area contributed by atoms with Gasteiger partial charge in [0.25, 0.3) is 0 Å². The van der Waals surface area contributed by atoms with Crippen molar-refractivity contribution < 1.29 is 65.4 Å². The second kappa shape index (κ2) is 15.7. The van der Waals surface area contributed by atoms with Crippen LogP contribution in [-0.2, 0) is 65.4 Å². The fraction of sp³-hybridized carbons (Fsp3) is 0.600. The molecule has 0 N–H and O–H groups in total. The summed E-state index contributed by atoms with van der Waals surface area (Å²) in [6.45, 7) is 7.27. The maximum Gasteiger partial charge on any atom is 0 e. The molecule has 0 aromatic heterocycles. The average Bonchev–Trinajstić information content (AvgIpc) is 1.41. The van der Waals surface area contributed by atoms with Crippen molar-refractivity contribution in [2.75, 3.05) is 0 Å². The van der Waals surface area contributed by atoms with Gasteiger partial charge < -0.3 is 13.8 Å². The van der Waals surface area contributed by atoms with Gasteiger partial charge in [-0.2, -0.15) is 12.8 Å². The normalized spacial score (nSPS) is 6.00. The molecule has 0 fully saturated rings. The van der Waals surface area contributed by atoms with E-state index >= 15 is 0 Å². The van der Waals surface area contributed by atoms with E-state index < -0.39 is 0 Å². The van der Waals surface area contributed by atoms with Crippen LogP contribution in [0.5, 0.6) is 0 Å². The Morgan fingerprint density at radius 3 is 1.14 bits per heavy atom. The van der Waals surface area contributed by atoms with E-state index in [0.29, 0.717) is 0 Å². The minimum absolute atomic E-state index is 0. The molecule has 0 amide bonds. The predicted octanol–water partition coefficient (Wildman–Crippen LogP) is 1.82. The van der Waals surface area contributed by atoms with Gasteiger partial charge in [0.2, 0.25) is 0 Å². The van der Waals surface area contributed by atoms with Crippen LogP contribution in [0.25, 0.3) is 0 Å². The van der Waals surface area contributed by atoms with E-state index in [4.69, 9.17) is 0 Å². The van der Waals surface area contributed by atoms with Gasteiger partial charge in [0, 0.05) is 65.4 Å². The van der Waals surface area contributed by atoms with Crippen molar-refractivity contribution in [2.45, 2.75) is 19.3 Å². The maximum atomic E-state index is 3.64. The van der Waals surface area contributed by atoms with Crippen LogP contribution in [0.15, 0.2) is 0 Å². The zero-order chi connectivity index (χ0) is 4.12. The largest absolute Gasteiger partial charge is 0.343 e. The van der Waals surface area contributed by atoms with E-state index in [1.54, 1.807) is 0 Å². The molecule has 0 aliphatic heterocycles. The quantitative estimate of drug-likeness (QED) is 0.654. The molecule has 2 radical (unpaired) electrons. The maximum absolute atomic E-state index is 3.64. The molecule has 0 aliphatic carbocycles. The fourth-order valence-corrected chi connectivity index (χ4v) is 0.177. The summed E-state index contributed by atoms with van der Waals surface area (Å²) < 4.78 is 0. The Kier molecular flexibility index (Phi) is 36.2. The summed E-state index contributed by atoms with van der Waals surface area (Å²) in [6.07, 6.45) is 3.23. The van der Waals surface area contributed by atoms with Gasteiger partial charge in [0.1, 0.15) is 0 Å². The molecular weight excluding hydrogens is 238 g/mol. The van der Waals surface area contributed by atoms with Crippen molar-refractivity contribution in [3.05, 3.63) is 13.8 Å². The summed E-state index contributed by atoms with van der Waals surface area (Å²) in [5, 5.41) is 0. The number of hydrogen-bond donors (Lipinski definition) is 0. The Morgan fingerprint density at radius 1 is 0.857 bits per heavy atom. The molecule has 0 bridgehead atoms. The van der Waals surface area contributed by atoms with E-state index in [2.05, 4.69) is 13.8 Å². The molecule has 0 atom stereocenters. The van der Waals surface area contributed by atoms with Crippen molar-refractivity contribution in [3.63, 3.8) is 0 Å². The second-order valence-corrected chi connectivity index (χ2v) is 1.06. The molecule has 0 aromatic rings. The first-order valence-corrected chi connectivity index (χ1v) is 2.00. The fourth-order valence-electron chi connectivity index (χ4n) is 0.177. The van der Waals surface area contributed by atoms with Gasteiger partial charge in [-0.15, -0.1) is 6.42 Å². The van der Waals surface area contributed by atoms with Crippen LogP contribution in [0.1, 0.15) is 19.3 Å². The minimum atomic E-state index is 0. The van der Waals surface area contributed by atoms with Gasteiger partial charge in [0.05, 0.1) is 0 Å². The predicted molar refractivity (Wildman–Crippen MR) is 24.6 cm³/mol. The van der Waals surface area contributed by atoms with Gasteiger partial charge >= 0.3 is 0 Å². The summed E-state index contributed by atoms with van der Waals surface area (Å²) in [5.41, 5.74) is 0. The first-order valence-electron chi connectivity index (χ1n) is 2.00. The molecular formula is C5H10Y2-2. The van der Waals surface area contributed by atoms with Gasteiger partial charge in [-0.25, -0.2) is 0 Å². The molecule has 0 saturated heterocycles. The number of hydrogen-bond acceptors (Lipinski definition) is 0. The topological polar surface area (TPSA) is 0 Å². The van der Waals surface area contributed by atoms with Crippen LogP contribution in [0.4, 0.5) is 0 Å².